The van der Waals surface area contributed by atoms with Crippen molar-refractivity contribution in [2.45, 2.75) is 69.5 Å². The smallest absolute Gasteiger partial charge is 0.328 e. The normalized spacial score (nSPS) is 15.9. The molecule has 0 fully saturated rings. The number of guanidine groups is 1. The van der Waals surface area contributed by atoms with Gasteiger partial charge >= 0.3 is 5.97 Å². The second kappa shape index (κ2) is 14.6. The van der Waals surface area contributed by atoms with E-state index in [0.717, 1.165) is 0 Å². The van der Waals surface area contributed by atoms with Crippen LogP contribution in [0.2, 0.25) is 0 Å². The zero-order chi connectivity index (χ0) is 27.4. The largest absolute Gasteiger partial charge is 0.480 e. The summed E-state index contributed by atoms with van der Waals surface area (Å²) in [5.41, 5.74) is 16.7. The van der Waals surface area contributed by atoms with Crippen LogP contribution in [0.1, 0.15) is 32.4 Å². The lowest BCUT2D eigenvalue weighted by atomic mass is 10.1. The number of aliphatic carboxylic acids is 1. The number of carboxylic acids is 1. The number of carbonyl (C=O) groups is 4. The molecule has 0 spiro atoms. The molecule has 0 bridgehead atoms. The van der Waals surface area contributed by atoms with Gasteiger partial charge in [-0.05, 0) is 26.7 Å². The molecule has 16 heteroatoms. The molecule has 1 aromatic heterocycles. The molecule has 0 saturated heterocycles. The Kier molecular flexibility index (Phi) is 12.3. The van der Waals surface area contributed by atoms with Crippen molar-refractivity contribution in [1.29, 1.82) is 0 Å². The van der Waals surface area contributed by atoms with Crippen LogP contribution >= 0.6 is 0 Å². The van der Waals surface area contributed by atoms with Gasteiger partial charge in [0.1, 0.15) is 18.1 Å². The molecule has 0 radical (unpaired) electrons. The number of hydrogen-bond donors (Lipinski definition) is 10. The first kappa shape index (κ1) is 30.3. The molecule has 13 N–H and O–H groups in total. The SMILES string of the molecule is CC(O)C(N)C(=O)NC(CCCN=C(N)N)C(=O)NC(Cc1cnc[nH]1)C(=O)NC(C(=O)O)C(C)O. The lowest BCUT2D eigenvalue weighted by molar-refractivity contribution is -0.145. The number of aliphatic imine (C=N–C) groups is 1. The molecule has 3 amide bonds. The number of carboxylic acid groups (broad SMARTS) is 1. The monoisotopic (exact) mass is 513 g/mol. The van der Waals surface area contributed by atoms with E-state index in [9.17, 15) is 34.5 Å². The van der Waals surface area contributed by atoms with Gasteiger partial charge in [0.05, 0.1) is 18.5 Å². The van der Waals surface area contributed by atoms with Crippen LogP contribution in [0.4, 0.5) is 0 Å². The van der Waals surface area contributed by atoms with E-state index < -0.39 is 60.1 Å². The van der Waals surface area contributed by atoms with E-state index in [1.165, 1.54) is 26.4 Å². The second-order valence-electron chi connectivity index (χ2n) is 8.18. The van der Waals surface area contributed by atoms with Gasteiger partial charge in [0.15, 0.2) is 12.0 Å². The molecule has 0 aliphatic rings. The van der Waals surface area contributed by atoms with Gasteiger partial charge in [-0.2, -0.15) is 0 Å². The molecule has 1 rings (SSSR count). The molecular weight excluding hydrogens is 478 g/mol. The van der Waals surface area contributed by atoms with E-state index in [4.69, 9.17) is 17.2 Å². The molecule has 6 unspecified atom stereocenters. The number of aromatic amines is 1. The fourth-order valence-corrected chi connectivity index (χ4v) is 3.00. The summed E-state index contributed by atoms with van der Waals surface area (Å²) < 4.78 is 0. The number of aromatic nitrogens is 2. The summed E-state index contributed by atoms with van der Waals surface area (Å²) in [7, 11) is 0. The predicted octanol–water partition coefficient (Wildman–Crippen LogP) is -4.37. The van der Waals surface area contributed by atoms with Gasteiger partial charge in [0.2, 0.25) is 17.7 Å². The van der Waals surface area contributed by atoms with Gasteiger partial charge in [-0.25, -0.2) is 9.78 Å². The second-order valence-corrected chi connectivity index (χ2v) is 8.18. The van der Waals surface area contributed by atoms with Crippen molar-refractivity contribution in [2.75, 3.05) is 6.54 Å². The Bertz CT molecular complexity index is 901. The molecule has 16 nitrogen and oxygen atoms in total. The minimum atomic E-state index is -1.63. The molecule has 0 aliphatic heterocycles. The number of carbonyl (C=O) groups excluding carboxylic acids is 3. The zero-order valence-electron chi connectivity index (χ0n) is 20.0. The lowest BCUT2D eigenvalue weighted by Crippen LogP contribution is -2.59. The maximum Gasteiger partial charge on any atom is 0.328 e. The number of nitrogens with zero attached hydrogens (tertiary/aromatic N) is 2. The van der Waals surface area contributed by atoms with E-state index in [1.54, 1.807) is 0 Å². The first-order valence-corrected chi connectivity index (χ1v) is 11.1. The third kappa shape index (κ3) is 10.2. The van der Waals surface area contributed by atoms with E-state index in [1.807, 2.05) is 0 Å². The van der Waals surface area contributed by atoms with Crippen LogP contribution in [0.3, 0.4) is 0 Å². The Balaban J connectivity index is 3.10. The van der Waals surface area contributed by atoms with Crippen molar-refractivity contribution in [1.82, 2.24) is 25.9 Å². The van der Waals surface area contributed by atoms with Crippen molar-refractivity contribution in [2.24, 2.45) is 22.2 Å². The van der Waals surface area contributed by atoms with Gasteiger partial charge in [0, 0.05) is 24.9 Å². The number of rotatable bonds is 15. The number of imidazole rings is 1. The third-order valence-corrected chi connectivity index (χ3v) is 5.06. The van der Waals surface area contributed by atoms with Crippen molar-refractivity contribution in [3.63, 3.8) is 0 Å². The number of nitrogens with two attached hydrogens (primary N) is 3. The minimum Gasteiger partial charge on any atom is -0.480 e. The van der Waals surface area contributed by atoms with E-state index in [0.29, 0.717) is 5.69 Å². The molecule has 202 valence electrons. The van der Waals surface area contributed by atoms with Crippen LogP contribution in [-0.2, 0) is 25.6 Å². The molecule has 1 heterocycles. The van der Waals surface area contributed by atoms with Gasteiger partial charge < -0.3 is 53.5 Å². The third-order valence-electron chi connectivity index (χ3n) is 5.06. The first-order valence-electron chi connectivity index (χ1n) is 11.1. The number of hydrogen-bond acceptors (Lipinski definition) is 9. The zero-order valence-corrected chi connectivity index (χ0v) is 20.0. The van der Waals surface area contributed by atoms with Gasteiger partial charge in [-0.15, -0.1) is 0 Å². The average molecular weight is 514 g/mol. The van der Waals surface area contributed by atoms with Crippen molar-refractivity contribution < 1.29 is 34.5 Å². The van der Waals surface area contributed by atoms with Crippen molar-refractivity contribution in [3.05, 3.63) is 18.2 Å². The van der Waals surface area contributed by atoms with E-state index in [-0.39, 0.29) is 31.8 Å². The van der Waals surface area contributed by atoms with Gasteiger partial charge in [0.25, 0.3) is 0 Å². The predicted molar refractivity (Wildman–Crippen MR) is 127 cm³/mol. The first-order chi connectivity index (χ1) is 16.8. The van der Waals surface area contributed by atoms with Crippen LogP contribution in [0, 0.1) is 0 Å². The summed E-state index contributed by atoms with van der Waals surface area (Å²) in [6.45, 7) is 2.65. The highest BCUT2D eigenvalue weighted by Gasteiger charge is 2.32. The number of H-pyrrole nitrogens is 1. The number of aliphatic hydroxyl groups excluding tert-OH is 2. The Morgan fingerprint density at radius 3 is 2.14 bits per heavy atom. The van der Waals surface area contributed by atoms with Gasteiger partial charge in [-0.3, -0.25) is 19.4 Å². The molecule has 6 atom stereocenters. The maximum absolute atomic E-state index is 13.1. The quantitative estimate of drug-likeness (QED) is 0.0607. The fourth-order valence-electron chi connectivity index (χ4n) is 3.00. The molecule has 0 aromatic carbocycles. The standard InChI is InChI=1S/C20H35N9O7/c1-9(30)14(21)18(34)27-12(4-3-5-25-20(22)23)16(32)28-13(6-11-7-24-8-26-11)17(33)29-15(10(2)31)19(35)36/h7-10,12-15,30-31H,3-6,21H2,1-2H3,(H,24,26)(H,27,34)(H,28,32)(H,29,33)(H,35,36)(H4,22,23,25). The molecule has 36 heavy (non-hydrogen) atoms. The topological polar surface area (TPSA) is 284 Å². The number of nitrogens with one attached hydrogen (secondary N) is 4. The van der Waals surface area contributed by atoms with Crippen molar-refractivity contribution in [3.8, 4) is 0 Å². The van der Waals surface area contributed by atoms with E-state index >= 15 is 0 Å². The molecular formula is C20H35N9O7. The highest BCUT2D eigenvalue weighted by molar-refractivity contribution is 5.94. The minimum absolute atomic E-state index is 0.0463. The van der Waals surface area contributed by atoms with Gasteiger partial charge in [-0.1, -0.05) is 0 Å². The van der Waals surface area contributed by atoms with E-state index in [2.05, 4.69) is 30.9 Å². The molecule has 1 aromatic rings. The summed E-state index contributed by atoms with van der Waals surface area (Å²) in [6.07, 6.45) is 0.358. The highest BCUT2D eigenvalue weighted by Crippen LogP contribution is 2.05. The van der Waals surface area contributed by atoms with Crippen LogP contribution in [0.15, 0.2) is 17.5 Å². The summed E-state index contributed by atoms with van der Waals surface area (Å²) in [5, 5.41) is 35.7. The number of aliphatic hydroxyl groups is 2. The Morgan fingerprint density at radius 1 is 1.03 bits per heavy atom. The fraction of sp³-hybridized carbons (Fsp3) is 0.600. The summed E-state index contributed by atoms with van der Waals surface area (Å²) >= 11 is 0. The average Bonchev–Trinajstić information content (AvgIpc) is 3.30. The maximum atomic E-state index is 13.1. The Hall–Kier alpha value is -3.76. The highest BCUT2D eigenvalue weighted by atomic mass is 16.4. The molecule has 0 aliphatic carbocycles. The number of amides is 3. The van der Waals surface area contributed by atoms with Crippen LogP contribution in [0.25, 0.3) is 0 Å². The molecule has 0 saturated carbocycles. The Labute approximate surface area is 207 Å². The summed E-state index contributed by atoms with van der Waals surface area (Å²) in [4.78, 5) is 60.2. The van der Waals surface area contributed by atoms with Crippen LogP contribution < -0.4 is 33.2 Å². The summed E-state index contributed by atoms with van der Waals surface area (Å²) in [6, 6.07) is -5.44. The van der Waals surface area contributed by atoms with Crippen LogP contribution in [-0.4, -0.2) is 97.9 Å². The van der Waals surface area contributed by atoms with Crippen molar-refractivity contribution >= 4 is 29.7 Å². The lowest BCUT2D eigenvalue weighted by Gasteiger charge is -2.26. The Morgan fingerprint density at radius 2 is 1.64 bits per heavy atom. The summed E-state index contributed by atoms with van der Waals surface area (Å²) in [5.74, 6) is -4.10. The van der Waals surface area contributed by atoms with Crippen LogP contribution in [0.5, 0.6) is 0 Å².